The topological polar surface area (TPSA) is 112 Å². The Hall–Kier alpha value is -5.12. The summed E-state index contributed by atoms with van der Waals surface area (Å²) in [4.78, 5) is 26.3. The Morgan fingerprint density at radius 2 is 0.915 bits per heavy atom. The number of benzene rings is 5. The van der Waals surface area contributed by atoms with Crippen molar-refractivity contribution in [2.75, 3.05) is 6.61 Å². The molecular formula is C39H34O8. The summed E-state index contributed by atoms with van der Waals surface area (Å²) in [6.07, 6.45) is -7.54. The average molecular weight is 631 g/mol. The van der Waals surface area contributed by atoms with Gasteiger partial charge in [0.15, 0.2) is 18.5 Å². The number of carbonyl (C=O) groups excluding carboxylic acids is 2. The third kappa shape index (κ3) is 6.86. The summed E-state index contributed by atoms with van der Waals surface area (Å²) in [7, 11) is 0. The van der Waals surface area contributed by atoms with Crippen LogP contribution in [-0.2, 0) is 24.5 Å². The van der Waals surface area contributed by atoms with E-state index in [-0.39, 0.29) is 17.7 Å². The van der Waals surface area contributed by atoms with Gasteiger partial charge in [-0.25, -0.2) is 9.59 Å². The summed E-state index contributed by atoms with van der Waals surface area (Å²) < 4.78 is 24.1. The molecule has 0 aromatic heterocycles. The minimum absolute atomic E-state index is 0.214. The van der Waals surface area contributed by atoms with Crippen LogP contribution in [0.25, 0.3) is 0 Å². The van der Waals surface area contributed by atoms with Crippen LogP contribution < -0.4 is 0 Å². The molecule has 1 aliphatic rings. The minimum Gasteiger partial charge on any atom is -0.452 e. The third-order valence-corrected chi connectivity index (χ3v) is 8.15. The average Bonchev–Trinajstić information content (AvgIpc) is 3.13. The lowest BCUT2D eigenvalue weighted by atomic mass is 9.80. The first-order chi connectivity index (χ1) is 23.0. The maximum atomic E-state index is 13.2. The van der Waals surface area contributed by atoms with E-state index in [0.29, 0.717) is 0 Å². The van der Waals surface area contributed by atoms with Crippen molar-refractivity contribution in [3.63, 3.8) is 0 Å². The highest BCUT2D eigenvalue weighted by atomic mass is 16.7. The molecule has 0 bridgehead atoms. The van der Waals surface area contributed by atoms with Gasteiger partial charge < -0.3 is 29.2 Å². The van der Waals surface area contributed by atoms with Crippen molar-refractivity contribution in [3.8, 4) is 0 Å². The van der Waals surface area contributed by atoms with E-state index in [4.69, 9.17) is 18.9 Å². The molecule has 8 heteroatoms. The van der Waals surface area contributed by atoms with Crippen molar-refractivity contribution in [2.45, 2.75) is 36.3 Å². The van der Waals surface area contributed by atoms with Gasteiger partial charge in [-0.2, -0.15) is 0 Å². The molecule has 1 saturated heterocycles. The first-order valence-corrected chi connectivity index (χ1v) is 15.3. The van der Waals surface area contributed by atoms with E-state index in [2.05, 4.69) is 0 Å². The number of aliphatic hydroxyl groups is 2. The van der Waals surface area contributed by atoms with Gasteiger partial charge in [0, 0.05) is 0 Å². The lowest BCUT2D eigenvalue weighted by molar-refractivity contribution is -0.290. The number of esters is 2. The zero-order valence-corrected chi connectivity index (χ0v) is 25.4. The zero-order chi connectivity index (χ0) is 32.6. The third-order valence-electron chi connectivity index (χ3n) is 8.15. The van der Waals surface area contributed by atoms with Crippen LogP contribution in [-0.4, -0.2) is 59.5 Å². The summed E-state index contributed by atoms with van der Waals surface area (Å²) in [6.45, 7) is -0.240. The normalized spacial score (nSPS) is 21.0. The van der Waals surface area contributed by atoms with E-state index >= 15 is 0 Å². The van der Waals surface area contributed by atoms with Crippen LogP contribution in [0, 0.1) is 0 Å². The molecule has 6 rings (SSSR count). The second-order valence-electron chi connectivity index (χ2n) is 11.1. The Morgan fingerprint density at radius 3 is 1.32 bits per heavy atom. The van der Waals surface area contributed by atoms with E-state index in [1.807, 2.05) is 91.0 Å². The lowest BCUT2D eigenvalue weighted by Crippen LogP contribution is -2.61. The van der Waals surface area contributed by atoms with E-state index in [1.165, 1.54) is 0 Å². The highest BCUT2D eigenvalue weighted by Gasteiger charge is 2.50. The van der Waals surface area contributed by atoms with Crippen LogP contribution in [0.3, 0.4) is 0 Å². The van der Waals surface area contributed by atoms with Crippen molar-refractivity contribution < 1.29 is 38.7 Å². The summed E-state index contributed by atoms with van der Waals surface area (Å²) in [5.74, 6) is -1.55. The molecule has 5 aromatic carbocycles. The van der Waals surface area contributed by atoms with E-state index in [9.17, 15) is 19.8 Å². The SMILES string of the molecule is O=C(O[C@@H]1[C@@H](OC(=O)c2ccccc2)[C@H](O)[C@@H](COC(c2ccccc2)(c2ccccc2)c2ccccc2)O[C@H]1O)c1ccccc1. The van der Waals surface area contributed by atoms with Gasteiger partial charge in [0.2, 0.25) is 0 Å². The summed E-state index contributed by atoms with van der Waals surface area (Å²) in [6, 6.07) is 45.4. The van der Waals surface area contributed by atoms with Gasteiger partial charge in [-0.3, -0.25) is 0 Å². The van der Waals surface area contributed by atoms with Crippen molar-refractivity contribution in [1.29, 1.82) is 0 Å². The Bertz CT molecular complexity index is 1640. The van der Waals surface area contributed by atoms with Crippen LogP contribution in [0.15, 0.2) is 152 Å². The molecule has 0 unspecified atom stereocenters. The zero-order valence-electron chi connectivity index (χ0n) is 25.4. The summed E-state index contributed by atoms with van der Waals surface area (Å²) in [5.41, 5.74) is 1.76. The van der Waals surface area contributed by atoms with Gasteiger partial charge in [-0.1, -0.05) is 127 Å². The molecule has 5 atom stereocenters. The quantitative estimate of drug-likeness (QED) is 0.153. The summed E-state index contributed by atoms with van der Waals surface area (Å²) in [5, 5.41) is 22.9. The maximum absolute atomic E-state index is 13.2. The first kappa shape index (κ1) is 31.8. The number of hydrogen-bond acceptors (Lipinski definition) is 8. The molecular weight excluding hydrogens is 596 g/mol. The van der Waals surface area contributed by atoms with Crippen molar-refractivity contribution in [1.82, 2.24) is 0 Å². The Kier molecular flexibility index (Phi) is 9.85. The maximum Gasteiger partial charge on any atom is 0.338 e. The summed E-state index contributed by atoms with van der Waals surface area (Å²) >= 11 is 0. The van der Waals surface area contributed by atoms with E-state index < -0.39 is 48.2 Å². The second kappa shape index (κ2) is 14.5. The highest BCUT2D eigenvalue weighted by Crippen LogP contribution is 2.41. The molecule has 0 saturated carbocycles. The number of ether oxygens (including phenoxy) is 4. The fraction of sp³-hybridized carbons (Fsp3) is 0.179. The molecule has 47 heavy (non-hydrogen) atoms. The molecule has 0 spiro atoms. The van der Waals surface area contributed by atoms with Crippen LogP contribution in [0.4, 0.5) is 0 Å². The molecule has 8 nitrogen and oxygen atoms in total. The number of rotatable bonds is 10. The molecule has 0 amide bonds. The molecule has 1 aliphatic heterocycles. The predicted molar refractivity (Wildman–Crippen MR) is 173 cm³/mol. The van der Waals surface area contributed by atoms with Crippen LogP contribution >= 0.6 is 0 Å². The number of aliphatic hydroxyl groups excluding tert-OH is 2. The van der Waals surface area contributed by atoms with Crippen LogP contribution in [0.2, 0.25) is 0 Å². The Morgan fingerprint density at radius 1 is 0.553 bits per heavy atom. The van der Waals surface area contributed by atoms with Gasteiger partial charge in [0.05, 0.1) is 17.7 Å². The van der Waals surface area contributed by atoms with E-state index in [1.54, 1.807) is 60.7 Å². The number of carbonyl (C=O) groups is 2. The van der Waals surface area contributed by atoms with E-state index in [0.717, 1.165) is 16.7 Å². The molecule has 5 aromatic rings. The predicted octanol–water partition coefficient (Wildman–Crippen LogP) is 5.52. The molecule has 2 N–H and O–H groups in total. The van der Waals surface area contributed by atoms with Crippen LogP contribution in [0.1, 0.15) is 37.4 Å². The van der Waals surface area contributed by atoms with Gasteiger partial charge in [-0.15, -0.1) is 0 Å². The van der Waals surface area contributed by atoms with Crippen molar-refractivity contribution >= 4 is 11.9 Å². The van der Waals surface area contributed by atoms with Gasteiger partial charge in [0.1, 0.15) is 17.8 Å². The smallest absolute Gasteiger partial charge is 0.338 e. The van der Waals surface area contributed by atoms with Gasteiger partial charge in [-0.05, 0) is 41.0 Å². The molecule has 1 fully saturated rings. The minimum atomic E-state index is -1.76. The molecule has 238 valence electrons. The Balaban J connectivity index is 1.33. The molecule has 1 heterocycles. The van der Waals surface area contributed by atoms with Gasteiger partial charge in [0.25, 0.3) is 0 Å². The molecule has 0 aliphatic carbocycles. The number of hydrogen-bond donors (Lipinski definition) is 2. The highest BCUT2D eigenvalue weighted by molar-refractivity contribution is 5.90. The second-order valence-corrected chi connectivity index (χ2v) is 11.1. The van der Waals surface area contributed by atoms with Crippen LogP contribution in [0.5, 0.6) is 0 Å². The largest absolute Gasteiger partial charge is 0.452 e. The standard InChI is InChI=1S/C39H34O8/c40-33-32(26-44-39(29-20-10-3-11-21-29,30-22-12-4-13-23-30)31-24-14-5-15-25-31)45-38(43)35(47-37(42)28-18-8-2-9-19-28)34(33)46-36(41)27-16-6-1-7-17-27/h1-25,32-35,38,40,43H,26H2/t32-,33-,34+,35-,38-/m1/s1. The molecule has 0 radical (unpaired) electrons. The first-order valence-electron chi connectivity index (χ1n) is 15.3. The van der Waals surface area contributed by atoms with Gasteiger partial charge >= 0.3 is 11.9 Å². The van der Waals surface area contributed by atoms with Crippen molar-refractivity contribution in [2.24, 2.45) is 0 Å². The lowest BCUT2D eigenvalue weighted by Gasteiger charge is -2.43. The fourth-order valence-corrected chi connectivity index (χ4v) is 5.81. The Labute approximate surface area is 272 Å². The fourth-order valence-electron chi connectivity index (χ4n) is 5.81. The van der Waals surface area contributed by atoms with Crippen molar-refractivity contribution in [3.05, 3.63) is 179 Å². The monoisotopic (exact) mass is 630 g/mol.